The van der Waals surface area contributed by atoms with Gasteiger partial charge in [0.2, 0.25) is 5.91 Å². The molecule has 0 aromatic heterocycles. The summed E-state index contributed by atoms with van der Waals surface area (Å²) in [6.07, 6.45) is 3.08. The number of benzene rings is 1. The van der Waals surface area contributed by atoms with Gasteiger partial charge >= 0.3 is 6.03 Å². The van der Waals surface area contributed by atoms with Crippen molar-refractivity contribution in [3.8, 4) is 0 Å². The van der Waals surface area contributed by atoms with Gasteiger partial charge in [0.25, 0.3) is 5.91 Å². The van der Waals surface area contributed by atoms with Gasteiger partial charge in [-0.2, -0.15) is 0 Å². The largest absolute Gasteiger partial charge is 0.350 e. The molecule has 0 bridgehead atoms. The molecule has 1 saturated heterocycles. The Morgan fingerprint density at radius 2 is 1.81 bits per heavy atom. The van der Waals surface area contributed by atoms with E-state index in [0.717, 1.165) is 23.3 Å². The van der Waals surface area contributed by atoms with Crippen molar-refractivity contribution in [2.45, 2.75) is 51.1 Å². The van der Waals surface area contributed by atoms with E-state index in [1.165, 1.54) is 6.92 Å². The molecule has 7 heteroatoms. The van der Waals surface area contributed by atoms with Crippen LogP contribution in [0.5, 0.6) is 0 Å². The summed E-state index contributed by atoms with van der Waals surface area (Å²) in [6.45, 7) is 3.04. The van der Waals surface area contributed by atoms with Crippen LogP contribution in [-0.2, 0) is 9.59 Å². The lowest BCUT2D eigenvalue weighted by Crippen LogP contribution is -2.44. The first-order valence-corrected chi connectivity index (χ1v) is 8.87. The number of carbonyl (C=O) groups is 4. The lowest BCUT2D eigenvalue weighted by atomic mass is 9.98. The van der Waals surface area contributed by atoms with Crippen molar-refractivity contribution >= 4 is 23.6 Å². The minimum atomic E-state index is -0.797. The van der Waals surface area contributed by atoms with Crippen LogP contribution in [0.4, 0.5) is 4.79 Å². The molecular weight excluding hydrogens is 334 g/mol. The standard InChI is InChI=1S/C19H23N3O4/c1-12(20-13(2)23)14-5-7-15(8-6-14)16(24)11-22-17(25)19(21-18(22)26)9-3-4-10-19/h5-8,12H,3-4,9-11H2,1-2H3,(H,20,23)(H,21,26). The maximum absolute atomic E-state index is 12.6. The number of nitrogens with one attached hydrogen (secondary N) is 2. The van der Waals surface area contributed by atoms with Gasteiger partial charge < -0.3 is 10.6 Å². The number of hydrogen-bond acceptors (Lipinski definition) is 4. The third-order valence-corrected chi connectivity index (χ3v) is 5.16. The Morgan fingerprint density at radius 3 is 2.38 bits per heavy atom. The first kappa shape index (κ1) is 18.1. The molecule has 1 spiro atoms. The Morgan fingerprint density at radius 1 is 1.19 bits per heavy atom. The van der Waals surface area contributed by atoms with Gasteiger partial charge in [-0.25, -0.2) is 4.79 Å². The summed E-state index contributed by atoms with van der Waals surface area (Å²) in [6, 6.07) is 6.18. The Labute approximate surface area is 152 Å². The molecule has 2 N–H and O–H groups in total. The van der Waals surface area contributed by atoms with Gasteiger partial charge in [-0.05, 0) is 25.3 Å². The van der Waals surface area contributed by atoms with Crippen molar-refractivity contribution in [3.05, 3.63) is 35.4 Å². The van der Waals surface area contributed by atoms with Gasteiger partial charge in [-0.15, -0.1) is 0 Å². The average Bonchev–Trinajstić information content (AvgIpc) is 3.15. The molecule has 1 aliphatic carbocycles. The summed E-state index contributed by atoms with van der Waals surface area (Å²) in [5.74, 6) is -0.705. The fraction of sp³-hybridized carbons (Fsp3) is 0.474. The molecule has 4 amide bonds. The molecule has 1 aliphatic heterocycles. The van der Waals surface area contributed by atoms with Crippen LogP contribution >= 0.6 is 0 Å². The number of amides is 4. The van der Waals surface area contributed by atoms with E-state index in [1.54, 1.807) is 24.3 Å². The van der Waals surface area contributed by atoms with Crippen molar-refractivity contribution in [2.75, 3.05) is 6.54 Å². The summed E-state index contributed by atoms with van der Waals surface area (Å²) in [7, 11) is 0. The molecule has 1 unspecified atom stereocenters. The molecule has 1 saturated carbocycles. The predicted octanol–water partition coefficient (Wildman–Crippen LogP) is 1.93. The van der Waals surface area contributed by atoms with Crippen molar-refractivity contribution in [1.82, 2.24) is 15.5 Å². The van der Waals surface area contributed by atoms with Gasteiger partial charge in [0.05, 0.1) is 12.6 Å². The molecule has 26 heavy (non-hydrogen) atoms. The number of hydrogen-bond donors (Lipinski definition) is 2. The normalized spacial score (nSPS) is 19.5. The zero-order valence-corrected chi connectivity index (χ0v) is 15.0. The summed E-state index contributed by atoms with van der Waals surface area (Å²) in [5.41, 5.74) is 0.503. The Kier molecular flexibility index (Phi) is 4.80. The molecule has 0 radical (unpaired) electrons. The van der Waals surface area contributed by atoms with Crippen LogP contribution in [0.15, 0.2) is 24.3 Å². The van der Waals surface area contributed by atoms with E-state index in [9.17, 15) is 19.2 Å². The van der Waals surface area contributed by atoms with Crippen LogP contribution in [0.1, 0.15) is 61.5 Å². The number of rotatable bonds is 5. The molecular formula is C19H23N3O4. The van der Waals surface area contributed by atoms with E-state index in [2.05, 4.69) is 10.6 Å². The van der Waals surface area contributed by atoms with Crippen LogP contribution in [0.2, 0.25) is 0 Å². The highest BCUT2D eigenvalue weighted by atomic mass is 16.2. The zero-order valence-electron chi connectivity index (χ0n) is 15.0. The number of ketones is 1. The monoisotopic (exact) mass is 357 g/mol. The first-order chi connectivity index (χ1) is 12.3. The fourth-order valence-electron chi connectivity index (χ4n) is 3.72. The van der Waals surface area contributed by atoms with Crippen LogP contribution < -0.4 is 10.6 Å². The summed E-state index contributed by atoms with van der Waals surface area (Å²) >= 11 is 0. The highest BCUT2D eigenvalue weighted by Crippen LogP contribution is 2.35. The third-order valence-electron chi connectivity index (χ3n) is 5.16. The van der Waals surface area contributed by atoms with Crippen molar-refractivity contribution in [2.24, 2.45) is 0 Å². The van der Waals surface area contributed by atoms with Gasteiger partial charge in [0.1, 0.15) is 5.54 Å². The summed E-state index contributed by atoms with van der Waals surface area (Å²) in [5, 5.41) is 5.55. The predicted molar refractivity (Wildman–Crippen MR) is 94.4 cm³/mol. The van der Waals surface area contributed by atoms with Crippen LogP contribution in [0.3, 0.4) is 0 Å². The molecule has 1 aromatic rings. The Balaban J connectivity index is 1.67. The quantitative estimate of drug-likeness (QED) is 0.622. The second-order valence-corrected chi connectivity index (χ2v) is 7.08. The van der Waals surface area contributed by atoms with Gasteiger partial charge in [-0.1, -0.05) is 37.1 Å². The van der Waals surface area contributed by atoms with Gasteiger partial charge in [0, 0.05) is 12.5 Å². The minimum absolute atomic E-state index is 0.128. The summed E-state index contributed by atoms with van der Waals surface area (Å²) < 4.78 is 0. The molecule has 2 aliphatic rings. The molecule has 7 nitrogen and oxygen atoms in total. The molecule has 3 rings (SSSR count). The molecule has 138 valence electrons. The number of Topliss-reactive ketones (excluding diaryl/α,β-unsaturated/α-hetero) is 1. The number of urea groups is 1. The maximum Gasteiger partial charge on any atom is 0.325 e. The fourth-order valence-corrected chi connectivity index (χ4v) is 3.72. The average molecular weight is 357 g/mol. The highest BCUT2D eigenvalue weighted by molar-refractivity contribution is 6.11. The van der Waals surface area contributed by atoms with E-state index in [0.29, 0.717) is 18.4 Å². The first-order valence-electron chi connectivity index (χ1n) is 8.87. The highest BCUT2D eigenvalue weighted by Gasteiger charge is 2.52. The van der Waals surface area contributed by atoms with Crippen LogP contribution in [0, 0.1) is 0 Å². The lowest BCUT2D eigenvalue weighted by Gasteiger charge is -2.19. The van der Waals surface area contributed by atoms with Crippen molar-refractivity contribution in [3.63, 3.8) is 0 Å². The molecule has 1 heterocycles. The number of nitrogens with zero attached hydrogens (tertiary/aromatic N) is 1. The molecule has 2 fully saturated rings. The smallest absolute Gasteiger partial charge is 0.325 e. The van der Waals surface area contributed by atoms with Crippen molar-refractivity contribution < 1.29 is 19.2 Å². The SMILES string of the molecule is CC(=O)NC(C)c1ccc(C(=O)CN2C(=O)NC3(CCCC3)C2=O)cc1. The lowest BCUT2D eigenvalue weighted by molar-refractivity contribution is -0.130. The van der Waals surface area contributed by atoms with Gasteiger partial charge in [-0.3, -0.25) is 19.3 Å². The Bertz CT molecular complexity index is 751. The van der Waals surface area contributed by atoms with Crippen molar-refractivity contribution in [1.29, 1.82) is 0 Å². The maximum atomic E-state index is 12.6. The van der Waals surface area contributed by atoms with Gasteiger partial charge in [0.15, 0.2) is 5.78 Å². The van der Waals surface area contributed by atoms with E-state index in [4.69, 9.17) is 0 Å². The zero-order chi connectivity index (χ0) is 18.9. The molecule has 1 aromatic carbocycles. The number of imide groups is 1. The summed E-state index contributed by atoms with van der Waals surface area (Å²) in [4.78, 5) is 49.4. The van der Waals surface area contributed by atoms with E-state index in [-0.39, 0.29) is 30.2 Å². The van der Waals surface area contributed by atoms with E-state index in [1.807, 2.05) is 6.92 Å². The minimum Gasteiger partial charge on any atom is -0.350 e. The van der Waals surface area contributed by atoms with E-state index >= 15 is 0 Å². The van der Waals surface area contributed by atoms with Crippen LogP contribution in [0.25, 0.3) is 0 Å². The second kappa shape index (κ2) is 6.90. The topological polar surface area (TPSA) is 95.6 Å². The Hall–Kier alpha value is -2.70. The third kappa shape index (κ3) is 3.34. The second-order valence-electron chi connectivity index (χ2n) is 7.08. The molecule has 1 atom stereocenters. The number of carbonyl (C=O) groups excluding carboxylic acids is 4. The van der Waals surface area contributed by atoms with Crippen LogP contribution in [-0.4, -0.2) is 40.6 Å². The van der Waals surface area contributed by atoms with E-state index < -0.39 is 11.6 Å².